The minimum atomic E-state index is -1.17. The quantitative estimate of drug-likeness (QED) is 0.784. The van der Waals surface area contributed by atoms with Gasteiger partial charge in [-0.2, -0.15) is 0 Å². The predicted molar refractivity (Wildman–Crippen MR) is 111 cm³/mol. The molecule has 2 atom stereocenters. The van der Waals surface area contributed by atoms with Gasteiger partial charge in [0.05, 0.1) is 0 Å². The molecule has 2 aromatic rings. The largest absolute Gasteiger partial charge is 0.479 e. The highest BCUT2D eigenvalue weighted by molar-refractivity contribution is 5.85. The number of carbonyl (C=O) groups is 2. The molecule has 1 amide bonds. The Bertz CT molecular complexity index is 894. The van der Waals surface area contributed by atoms with E-state index in [-0.39, 0.29) is 18.4 Å². The first-order chi connectivity index (χ1) is 14.0. The zero-order valence-corrected chi connectivity index (χ0v) is 16.9. The van der Waals surface area contributed by atoms with Crippen LogP contribution in [-0.2, 0) is 9.53 Å². The molecule has 1 N–H and O–H groups in total. The molecule has 1 fully saturated rings. The number of rotatable bonds is 5. The van der Waals surface area contributed by atoms with Crippen molar-refractivity contribution in [2.45, 2.75) is 44.1 Å². The molecular formula is C24H27NO4. The summed E-state index contributed by atoms with van der Waals surface area (Å²) >= 11 is 0. The van der Waals surface area contributed by atoms with E-state index in [2.05, 4.69) is 24.3 Å². The summed E-state index contributed by atoms with van der Waals surface area (Å²) in [4.78, 5) is 26.4. The van der Waals surface area contributed by atoms with Crippen LogP contribution in [0.25, 0.3) is 11.1 Å². The van der Waals surface area contributed by atoms with E-state index in [9.17, 15) is 14.7 Å². The smallest absolute Gasteiger partial charge is 0.410 e. The van der Waals surface area contributed by atoms with Crippen LogP contribution in [0.15, 0.2) is 48.5 Å². The van der Waals surface area contributed by atoms with E-state index in [1.54, 1.807) is 7.05 Å². The Morgan fingerprint density at radius 3 is 2.24 bits per heavy atom. The molecule has 0 spiro atoms. The highest BCUT2D eigenvalue weighted by atomic mass is 16.6. The lowest BCUT2D eigenvalue weighted by atomic mass is 9.84. The van der Waals surface area contributed by atoms with Crippen molar-refractivity contribution in [1.29, 1.82) is 0 Å². The van der Waals surface area contributed by atoms with Gasteiger partial charge in [0.2, 0.25) is 0 Å². The van der Waals surface area contributed by atoms with Crippen LogP contribution in [0, 0.1) is 5.92 Å². The van der Waals surface area contributed by atoms with Crippen molar-refractivity contribution in [2.75, 3.05) is 13.7 Å². The Kier molecular flexibility index (Phi) is 5.07. The van der Waals surface area contributed by atoms with Gasteiger partial charge < -0.3 is 9.84 Å². The van der Waals surface area contributed by atoms with Crippen LogP contribution in [-0.4, -0.2) is 41.3 Å². The molecule has 0 bridgehead atoms. The molecule has 0 heterocycles. The van der Waals surface area contributed by atoms with Gasteiger partial charge in [-0.05, 0) is 41.0 Å². The molecule has 2 aromatic carbocycles. The lowest BCUT2D eigenvalue weighted by Gasteiger charge is -2.38. The molecule has 0 aromatic heterocycles. The monoisotopic (exact) mass is 393 g/mol. The molecule has 0 saturated heterocycles. The average Bonchev–Trinajstić information content (AvgIpc) is 3.31. The molecule has 29 heavy (non-hydrogen) atoms. The molecule has 2 unspecified atom stereocenters. The molecule has 0 aliphatic heterocycles. The molecule has 5 heteroatoms. The highest BCUT2D eigenvalue weighted by Gasteiger charge is 2.53. The van der Waals surface area contributed by atoms with Crippen LogP contribution in [0.1, 0.15) is 49.7 Å². The lowest BCUT2D eigenvalue weighted by Crippen LogP contribution is -2.57. The van der Waals surface area contributed by atoms with E-state index < -0.39 is 17.6 Å². The van der Waals surface area contributed by atoms with Crippen molar-refractivity contribution in [1.82, 2.24) is 4.90 Å². The lowest BCUT2D eigenvalue weighted by molar-refractivity contribution is -0.152. The van der Waals surface area contributed by atoms with Gasteiger partial charge in [0.25, 0.3) is 0 Å². The van der Waals surface area contributed by atoms with Crippen LogP contribution < -0.4 is 0 Å². The molecule has 152 valence electrons. The third-order valence-corrected chi connectivity index (χ3v) is 6.86. The van der Waals surface area contributed by atoms with Crippen molar-refractivity contribution in [2.24, 2.45) is 5.92 Å². The average molecular weight is 393 g/mol. The van der Waals surface area contributed by atoms with Gasteiger partial charge in [-0.15, -0.1) is 0 Å². The van der Waals surface area contributed by atoms with Gasteiger partial charge in [-0.3, -0.25) is 4.90 Å². The first-order valence-electron chi connectivity index (χ1n) is 10.3. The summed E-state index contributed by atoms with van der Waals surface area (Å²) in [6.45, 7) is 2.18. The molecule has 1 saturated carbocycles. The van der Waals surface area contributed by atoms with E-state index in [1.807, 2.05) is 31.2 Å². The highest BCUT2D eigenvalue weighted by Crippen LogP contribution is 2.45. The molecule has 4 rings (SSSR count). The van der Waals surface area contributed by atoms with E-state index in [1.165, 1.54) is 16.0 Å². The van der Waals surface area contributed by atoms with Crippen LogP contribution in [0.4, 0.5) is 4.79 Å². The summed E-state index contributed by atoms with van der Waals surface area (Å²) in [7, 11) is 1.57. The van der Waals surface area contributed by atoms with Crippen LogP contribution in [0.2, 0.25) is 0 Å². The number of benzene rings is 2. The maximum atomic E-state index is 12.9. The minimum Gasteiger partial charge on any atom is -0.479 e. The van der Waals surface area contributed by atoms with E-state index in [0.29, 0.717) is 6.42 Å². The fourth-order valence-electron chi connectivity index (χ4n) is 5.32. The Hall–Kier alpha value is -2.82. The van der Waals surface area contributed by atoms with E-state index in [4.69, 9.17) is 4.74 Å². The van der Waals surface area contributed by atoms with Crippen molar-refractivity contribution < 1.29 is 19.4 Å². The van der Waals surface area contributed by atoms with E-state index in [0.717, 1.165) is 30.4 Å². The van der Waals surface area contributed by atoms with Gasteiger partial charge in [0, 0.05) is 13.0 Å². The topological polar surface area (TPSA) is 66.8 Å². The molecular weight excluding hydrogens is 366 g/mol. The molecule has 2 aliphatic carbocycles. The number of carboxylic acid groups (broad SMARTS) is 1. The number of likely N-dealkylation sites (N-methyl/N-ethyl adjacent to an activating group) is 1. The number of carbonyl (C=O) groups excluding carboxylic acids is 1. The summed E-state index contributed by atoms with van der Waals surface area (Å²) in [6, 6.07) is 16.3. The van der Waals surface area contributed by atoms with Crippen LogP contribution >= 0.6 is 0 Å². The fourth-order valence-corrected chi connectivity index (χ4v) is 5.32. The van der Waals surface area contributed by atoms with Crippen LogP contribution in [0.5, 0.6) is 0 Å². The van der Waals surface area contributed by atoms with E-state index >= 15 is 0 Å². The standard InChI is InChI=1S/C24H27NO4/c1-3-16-9-8-14-24(16,22(26)27)25(2)23(28)29-15-21-19-12-6-4-10-17(19)18-11-5-7-13-20(18)21/h4-7,10-13,16,21H,3,8-9,14-15H2,1-2H3,(H,26,27). The number of fused-ring (bicyclic) bond motifs is 3. The van der Waals surface area contributed by atoms with Gasteiger partial charge in [-0.1, -0.05) is 68.3 Å². The maximum absolute atomic E-state index is 12.9. The number of carboxylic acids is 1. The number of nitrogens with zero attached hydrogens (tertiary/aromatic N) is 1. The predicted octanol–water partition coefficient (Wildman–Crippen LogP) is 4.90. The Morgan fingerprint density at radius 1 is 1.10 bits per heavy atom. The van der Waals surface area contributed by atoms with Crippen molar-refractivity contribution in [3.05, 3.63) is 59.7 Å². The SMILES string of the molecule is CCC1CCCC1(C(=O)O)N(C)C(=O)OCC1c2ccccc2-c2ccccc21. The van der Waals surface area contributed by atoms with Crippen molar-refractivity contribution in [3.8, 4) is 11.1 Å². The van der Waals surface area contributed by atoms with Crippen LogP contribution in [0.3, 0.4) is 0 Å². The number of amides is 1. The number of aliphatic carboxylic acids is 1. The maximum Gasteiger partial charge on any atom is 0.410 e. The zero-order valence-electron chi connectivity index (χ0n) is 16.9. The number of hydrogen-bond donors (Lipinski definition) is 1. The number of hydrogen-bond acceptors (Lipinski definition) is 3. The first-order valence-corrected chi connectivity index (χ1v) is 10.3. The summed E-state index contributed by atoms with van der Waals surface area (Å²) in [6.07, 6.45) is 2.28. The first kappa shape index (κ1) is 19.5. The van der Waals surface area contributed by atoms with Crippen molar-refractivity contribution in [3.63, 3.8) is 0 Å². The minimum absolute atomic E-state index is 0.0360. The second-order valence-electron chi connectivity index (χ2n) is 8.09. The summed E-state index contributed by atoms with van der Waals surface area (Å²) < 4.78 is 5.71. The van der Waals surface area contributed by atoms with Gasteiger partial charge in [0.1, 0.15) is 12.1 Å². The Morgan fingerprint density at radius 2 is 1.69 bits per heavy atom. The van der Waals surface area contributed by atoms with Crippen molar-refractivity contribution >= 4 is 12.1 Å². The normalized spacial score (nSPS) is 22.8. The summed E-state index contributed by atoms with van der Waals surface area (Å²) in [5, 5.41) is 9.98. The summed E-state index contributed by atoms with van der Waals surface area (Å²) in [5.41, 5.74) is 3.45. The zero-order chi connectivity index (χ0) is 20.6. The Balaban J connectivity index is 1.55. The molecule has 2 aliphatic rings. The summed E-state index contributed by atoms with van der Waals surface area (Å²) in [5.74, 6) is -1.02. The second-order valence-corrected chi connectivity index (χ2v) is 8.09. The third kappa shape index (κ3) is 3.00. The van der Waals surface area contributed by atoms with Gasteiger partial charge in [-0.25, -0.2) is 9.59 Å². The number of ether oxygens (including phenoxy) is 1. The molecule has 0 radical (unpaired) electrons. The van der Waals surface area contributed by atoms with Gasteiger partial charge in [0.15, 0.2) is 0 Å². The Labute approximate surface area is 171 Å². The van der Waals surface area contributed by atoms with Gasteiger partial charge >= 0.3 is 12.1 Å². The third-order valence-electron chi connectivity index (χ3n) is 6.86. The molecule has 5 nitrogen and oxygen atoms in total. The second kappa shape index (κ2) is 7.54. The fraction of sp³-hybridized carbons (Fsp3) is 0.417.